The molecular formula is C14H22N6O. The lowest BCUT2D eigenvalue weighted by Gasteiger charge is -2.34. The Balaban J connectivity index is 1.70. The van der Waals surface area contributed by atoms with E-state index in [1.807, 2.05) is 25.5 Å². The molecule has 21 heavy (non-hydrogen) atoms. The summed E-state index contributed by atoms with van der Waals surface area (Å²) in [6, 6.07) is 0.450. The smallest absolute Gasteiger partial charge is 0.230 e. The Kier molecular flexibility index (Phi) is 4.01. The van der Waals surface area contributed by atoms with Crippen molar-refractivity contribution in [2.24, 2.45) is 0 Å². The van der Waals surface area contributed by atoms with Crippen molar-refractivity contribution in [1.29, 1.82) is 0 Å². The topological polar surface area (TPSA) is 72.9 Å². The third-order valence-corrected chi connectivity index (χ3v) is 4.00. The predicted octanol–water partition coefficient (Wildman–Crippen LogP) is 1.64. The van der Waals surface area contributed by atoms with Gasteiger partial charge in [-0.1, -0.05) is 6.42 Å². The molecule has 0 aliphatic carbocycles. The first-order valence-corrected chi connectivity index (χ1v) is 7.53. The molecular weight excluding hydrogens is 268 g/mol. The lowest BCUT2D eigenvalue weighted by molar-refractivity contribution is 0.110. The molecule has 1 aliphatic heterocycles. The quantitative estimate of drug-likeness (QED) is 0.852. The van der Waals surface area contributed by atoms with E-state index in [4.69, 9.17) is 4.42 Å². The van der Waals surface area contributed by atoms with E-state index in [0.717, 1.165) is 31.3 Å². The number of nitrogens with zero attached hydrogens (tertiary/aromatic N) is 6. The molecule has 1 fully saturated rings. The number of hydrogen-bond donors (Lipinski definition) is 0. The molecule has 2 aromatic heterocycles. The van der Waals surface area contributed by atoms with Gasteiger partial charge in [-0.3, -0.25) is 4.90 Å². The molecule has 114 valence electrons. The van der Waals surface area contributed by atoms with Gasteiger partial charge in [0, 0.05) is 13.0 Å². The van der Waals surface area contributed by atoms with Gasteiger partial charge in [-0.05, 0) is 33.2 Å². The Morgan fingerprint density at radius 1 is 1.19 bits per heavy atom. The third kappa shape index (κ3) is 3.29. The van der Waals surface area contributed by atoms with Crippen LogP contribution >= 0.6 is 0 Å². The monoisotopic (exact) mass is 290 g/mol. The lowest BCUT2D eigenvalue weighted by Crippen LogP contribution is -2.42. The molecule has 0 radical (unpaired) electrons. The van der Waals surface area contributed by atoms with Crippen LogP contribution in [0.15, 0.2) is 4.42 Å². The molecule has 0 bridgehead atoms. The molecule has 1 saturated heterocycles. The van der Waals surface area contributed by atoms with Gasteiger partial charge in [0.25, 0.3) is 0 Å². The maximum atomic E-state index is 5.51. The van der Waals surface area contributed by atoms with Gasteiger partial charge in [-0.25, -0.2) is 9.67 Å². The summed E-state index contributed by atoms with van der Waals surface area (Å²) in [4.78, 5) is 6.80. The van der Waals surface area contributed by atoms with E-state index in [-0.39, 0.29) is 0 Å². The molecule has 0 spiro atoms. The third-order valence-electron chi connectivity index (χ3n) is 4.00. The molecule has 7 nitrogen and oxygen atoms in total. The zero-order chi connectivity index (χ0) is 14.8. The number of aromatic nitrogens is 5. The van der Waals surface area contributed by atoms with Crippen molar-refractivity contribution < 1.29 is 4.42 Å². The zero-order valence-corrected chi connectivity index (χ0v) is 12.9. The highest BCUT2D eigenvalue weighted by molar-refractivity contribution is 4.90. The van der Waals surface area contributed by atoms with E-state index in [1.54, 1.807) is 0 Å². The molecule has 0 aromatic carbocycles. The van der Waals surface area contributed by atoms with E-state index in [1.165, 1.54) is 19.3 Å². The van der Waals surface area contributed by atoms with Crippen LogP contribution in [0.5, 0.6) is 0 Å². The average molecular weight is 290 g/mol. The minimum Gasteiger partial charge on any atom is -0.424 e. The fraction of sp³-hybridized carbons (Fsp3) is 0.714. The first-order chi connectivity index (χ1) is 10.1. The zero-order valence-electron chi connectivity index (χ0n) is 12.9. The summed E-state index contributed by atoms with van der Waals surface area (Å²) in [5.41, 5.74) is 0. The second-order valence-corrected chi connectivity index (χ2v) is 5.72. The number of hydrogen-bond acceptors (Lipinski definition) is 6. The van der Waals surface area contributed by atoms with Crippen molar-refractivity contribution in [2.45, 2.75) is 59.2 Å². The van der Waals surface area contributed by atoms with Crippen LogP contribution in [0.4, 0.5) is 0 Å². The number of rotatable bonds is 4. The van der Waals surface area contributed by atoms with Crippen molar-refractivity contribution in [3.8, 4) is 0 Å². The summed E-state index contributed by atoms with van der Waals surface area (Å²) in [6.45, 7) is 8.43. The van der Waals surface area contributed by atoms with E-state index >= 15 is 0 Å². The minimum atomic E-state index is 0.450. The van der Waals surface area contributed by atoms with Crippen LogP contribution in [-0.4, -0.2) is 42.4 Å². The first kappa shape index (κ1) is 14.2. The molecule has 0 amide bonds. The summed E-state index contributed by atoms with van der Waals surface area (Å²) in [7, 11) is 0. The SMILES string of the molecule is Cc1nc(C)n(CC2CCCCN2Cc2nnc(C)o2)n1. The highest BCUT2D eigenvalue weighted by Gasteiger charge is 2.25. The van der Waals surface area contributed by atoms with Crippen LogP contribution in [0, 0.1) is 20.8 Å². The number of likely N-dealkylation sites (tertiary alicyclic amines) is 1. The number of piperidine rings is 1. The lowest BCUT2D eigenvalue weighted by atomic mass is 10.0. The van der Waals surface area contributed by atoms with Crippen LogP contribution < -0.4 is 0 Å². The molecule has 0 N–H and O–H groups in total. The standard InChI is InChI=1S/C14H22N6O/c1-10-15-11(2)20(18-10)8-13-6-4-5-7-19(13)9-14-17-16-12(3)21-14/h13H,4-9H2,1-3H3. The van der Waals surface area contributed by atoms with Gasteiger partial charge in [0.2, 0.25) is 11.8 Å². The number of aryl methyl sites for hydroxylation is 3. The fourth-order valence-electron chi connectivity index (χ4n) is 2.98. The first-order valence-electron chi connectivity index (χ1n) is 7.53. The van der Waals surface area contributed by atoms with Gasteiger partial charge in [0.05, 0.1) is 13.1 Å². The summed E-state index contributed by atoms with van der Waals surface area (Å²) >= 11 is 0. The van der Waals surface area contributed by atoms with E-state index in [2.05, 4.69) is 25.2 Å². The minimum absolute atomic E-state index is 0.450. The predicted molar refractivity (Wildman–Crippen MR) is 76.6 cm³/mol. The van der Waals surface area contributed by atoms with E-state index in [0.29, 0.717) is 17.8 Å². The van der Waals surface area contributed by atoms with Gasteiger partial charge < -0.3 is 4.42 Å². The molecule has 1 aliphatic rings. The van der Waals surface area contributed by atoms with E-state index < -0.39 is 0 Å². The van der Waals surface area contributed by atoms with Crippen LogP contribution in [-0.2, 0) is 13.1 Å². The summed E-state index contributed by atoms with van der Waals surface area (Å²) in [6.07, 6.45) is 3.65. The van der Waals surface area contributed by atoms with Crippen LogP contribution in [0.2, 0.25) is 0 Å². The normalized spacial score (nSPS) is 20.0. The second kappa shape index (κ2) is 5.93. The van der Waals surface area contributed by atoms with Gasteiger partial charge >= 0.3 is 0 Å². The van der Waals surface area contributed by atoms with Crippen LogP contribution in [0.3, 0.4) is 0 Å². The molecule has 3 heterocycles. The van der Waals surface area contributed by atoms with Crippen LogP contribution in [0.25, 0.3) is 0 Å². The maximum Gasteiger partial charge on any atom is 0.230 e. The van der Waals surface area contributed by atoms with Crippen molar-refractivity contribution in [1.82, 2.24) is 29.9 Å². The Morgan fingerprint density at radius 3 is 2.71 bits per heavy atom. The Hall–Kier alpha value is -1.76. The highest BCUT2D eigenvalue weighted by atomic mass is 16.4. The highest BCUT2D eigenvalue weighted by Crippen LogP contribution is 2.21. The van der Waals surface area contributed by atoms with Crippen molar-refractivity contribution in [2.75, 3.05) is 6.54 Å². The Labute approximate surface area is 124 Å². The van der Waals surface area contributed by atoms with Gasteiger partial charge in [0.15, 0.2) is 0 Å². The average Bonchev–Trinajstić information content (AvgIpc) is 2.98. The summed E-state index contributed by atoms with van der Waals surface area (Å²) < 4.78 is 7.53. The molecule has 7 heteroatoms. The molecule has 1 atom stereocenters. The van der Waals surface area contributed by atoms with Gasteiger partial charge in [-0.2, -0.15) is 5.10 Å². The second-order valence-electron chi connectivity index (χ2n) is 5.72. The molecule has 2 aromatic rings. The van der Waals surface area contributed by atoms with Crippen molar-refractivity contribution in [3.63, 3.8) is 0 Å². The van der Waals surface area contributed by atoms with Crippen molar-refractivity contribution in [3.05, 3.63) is 23.4 Å². The summed E-state index contributed by atoms with van der Waals surface area (Å²) in [5.74, 6) is 3.14. The Bertz CT molecular complexity index is 604. The van der Waals surface area contributed by atoms with Crippen LogP contribution in [0.1, 0.15) is 42.7 Å². The fourth-order valence-corrected chi connectivity index (χ4v) is 2.98. The van der Waals surface area contributed by atoms with Crippen molar-refractivity contribution >= 4 is 0 Å². The van der Waals surface area contributed by atoms with Gasteiger partial charge in [-0.15, -0.1) is 10.2 Å². The molecule has 1 unspecified atom stereocenters. The van der Waals surface area contributed by atoms with Gasteiger partial charge in [0.1, 0.15) is 11.6 Å². The van der Waals surface area contributed by atoms with E-state index in [9.17, 15) is 0 Å². The largest absolute Gasteiger partial charge is 0.424 e. The maximum absolute atomic E-state index is 5.51. The summed E-state index contributed by atoms with van der Waals surface area (Å²) in [5, 5.41) is 12.5. The Morgan fingerprint density at radius 2 is 2.05 bits per heavy atom. The molecule has 3 rings (SSSR count). The molecule has 0 saturated carbocycles.